The second-order valence-corrected chi connectivity index (χ2v) is 5.81. The van der Waals surface area contributed by atoms with Gasteiger partial charge in [0.25, 0.3) is 0 Å². The quantitative estimate of drug-likeness (QED) is 0.500. The van der Waals surface area contributed by atoms with Crippen LogP contribution in [0.15, 0.2) is 48.7 Å². The molecule has 0 aliphatic carbocycles. The van der Waals surface area contributed by atoms with Crippen molar-refractivity contribution in [1.29, 1.82) is 0 Å². The Kier molecular flexibility index (Phi) is 6.88. The summed E-state index contributed by atoms with van der Waals surface area (Å²) < 4.78 is 21.4. The van der Waals surface area contributed by atoms with Crippen molar-refractivity contribution < 1.29 is 18.9 Å². The molecule has 29 heavy (non-hydrogen) atoms. The summed E-state index contributed by atoms with van der Waals surface area (Å²) in [6.07, 6.45) is 1.55. The predicted octanol–water partition coefficient (Wildman–Crippen LogP) is 3.13. The molecule has 0 unspecified atom stereocenters. The maximum Gasteiger partial charge on any atom is 0.249 e. The van der Waals surface area contributed by atoms with E-state index in [0.29, 0.717) is 42.1 Å². The van der Waals surface area contributed by atoms with Crippen LogP contribution in [-0.4, -0.2) is 49.7 Å². The first-order valence-electron chi connectivity index (χ1n) is 8.91. The molecule has 0 saturated carbocycles. The molecule has 3 rings (SSSR count). The van der Waals surface area contributed by atoms with Gasteiger partial charge in [-0.25, -0.2) is 0 Å². The molecule has 0 aliphatic rings. The van der Waals surface area contributed by atoms with Crippen LogP contribution in [0.3, 0.4) is 0 Å². The minimum atomic E-state index is 0.342. The maximum absolute atomic E-state index is 5.68. The van der Waals surface area contributed by atoms with Crippen LogP contribution in [0, 0.1) is 0 Å². The highest BCUT2D eigenvalue weighted by molar-refractivity contribution is 5.64. The van der Waals surface area contributed by atoms with Crippen molar-refractivity contribution in [3.63, 3.8) is 0 Å². The number of anilines is 3. The van der Waals surface area contributed by atoms with Crippen LogP contribution in [0.5, 0.6) is 23.0 Å². The lowest BCUT2D eigenvalue weighted by atomic mass is 10.2. The molecule has 0 atom stereocenters. The summed E-state index contributed by atoms with van der Waals surface area (Å²) in [5.41, 5.74) is 0.704. The molecule has 1 heterocycles. The third-order valence-electron chi connectivity index (χ3n) is 3.95. The molecule has 2 N–H and O–H groups in total. The number of nitrogens with one attached hydrogen (secondary N) is 2. The summed E-state index contributed by atoms with van der Waals surface area (Å²) in [5.74, 6) is 3.78. The Hall–Kier alpha value is -3.75. The van der Waals surface area contributed by atoms with E-state index in [2.05, 4.69) is 25.8 Å². The van der Waals surface area contributed by atoms with Gasteiger partial charge in [0.1, 0.15) is 29.6 Å². The molecule has 152 valence electrons. The van der Waals surface area contributed by atoms with E-state index in [0.717, 1.165) is 11.5 Å². The zero-order chi connectivity index (χ0) is 20.5. The Labute approximate surface area is 169 Å². The fourth-order valence-corrected chi connectivity index (χ4v) is 2.48. The molecule has 0 spiro atoms. The van der Waals surface area contributed by atoms with Gasteiger partial charge >= 0.3 is 0 Å². The van der Waals surface area contributed by atoms with Gasteiger partial charge in [0.05, 0.1) is 39.8 Å². The normalized spacial score (nSPS) is 10.2. The monoisotopic (exact) mass is 397 g/mol. The van der Waals surface area contributed by atoms with E-state index < -0.39 is 0 Å². The molecule has 0 fully saturated rings. The molecule has 0 saturated heterocycles. The van der Waals surface area contributed by atoms with Gasteiger partial charge in [-0.15, -0.1) is 5.10 Å². The standard InChI is InChI=1S/C20H23N5O4/c1-26-14-4-6-15(7-5-14)29-11-10-21-19-13-22-25-20(24-19)23-17-9-8-16(27-2)12-18(17)28-3/h4-9,12-13H,10-11H2,1-3H3,(H2,21,23,24,25). The Morgan fingerprint density at radius 3 is 2.31 bits per heavy atom. The third-order valence-corrected chi connectivity index (χ3v) is 3.95. The molecule has 0 bridgehead atoms. The number of hydrogen-bond donors (Lipinski definition) is 2. The van der Waals surface area contributed by atoms with Crippen molar-refractivity contribution in [1.82, 2.24) is 15.2 Å². The molecule has 1 aromatic heterocycles. The second-order valence-electron chi connectivity index (χ2n) is 5.81. The minimum absolute atomic E-state index is 0.342. The number of benzene rings is 2. The molecular weight excluding hydrogens is 374 g/mol. The molecular formula is C20H23N5O4. The fourth-order valence-electron chi connectivity index (χ4n) is 2.48. The van der Waals surface area contributed by atoms with E-state index >= 15 is 0 Å². The van der Waals surface area contributed by atoms with Gasteiger partial charge in [0.2, 0.25) is 5.95 Å². The largest absolute Gasteiger partial charge is 0.497 e. The molecule has 9 nitrogen and oxygen atoms in total. The lowest BCUT2D eigenvalue weighted by Gasteiger charge is -2.12. The summed E-state index contributed by atoms with van der Waals surface area (Å²) in [7, 11) is 4.81. The molecule has 3 aromatic rings. The summed E-state index contributed by atoms with van der Waals surface area (Å²) >= 11 is 0. The minimum Gasteiger partial charge on any atom is -0.497 e. The van der Waals surface area contributed by atoms with Gasteiger partial charge in [0.15, 0.2) is 5.82 Å². The number of rotatable bonds is 10. The van der Waals surface area contributed by atoms with E-state index in [4.69, 9.17) is 18.9 Å². The second kappa shape index (κ2) is 9.98. The third kappa shape index (κ3) is 5.61. The van der Waals surface area contributed by atoms with Crippen molar-refractivity contribution in [2.75, 3.05) is 45.1 Å². The van der Waals surface area contributed by atoms with E-state index in [-0.39, 0.29) is 0 Å². The maximum atomic E-state index is 5.68. The molecule has 0 radical (unpaired) electrons. The lowest BCUT2D eigenvalue weighted by Crippen LogP contribution is -2.13. The summed E-state index contributed by atoms with van der Waals surface area (Å²) in [5, 5.41) is 14.2. The van der Waals surface area contributed by atoms with Gasteiger partial charge in [0, 0.05) is 6.07 Å². The van der Waals surface area contributed by atoms with E-state index in [1.807, 2.05) is 36.4 Å². The van der Waals surface area contributed by atoms with Gasteiger partial charge in [-0.05, 0) is 36.4 Å². The SMILES string of the molecule is COc1ccc(OCCNc2cnnc(Nc3ccc(OC)cc3OC)n2)cc1. The Morgan fingerprint density at radius 1 is 0.862 bits per heavy atom. The van der Waals surface area contributed by atoms with Crippen LogP contribution >= 0.6 is 0 Å². The number of aromatic nitrogens is 3. The summed E-state index contributed by atoms with van der Waals surface area (Å²) in [6.45, 7) is 1.02. The fraction of sp³-hybridized carbons (Fsp3) is 0.250. The highest BCUT2D eigenvalue weighted by Gasteiger charge is 2.08. The summed E-state index contributed by atoms with van der Waals surface area (Å²) in [6, 6.07) is 12.8. The van der Waals surface area contributed by atoms with Crippen LogP contribution in [0.2, 0.25) is 0 Å². The first-order valence-corrected chi connectivity index (χ1v) is 8.91. The van der Waals surface area contributed by atoms with Crippen molar-refractivity contribution in [3.05, 3.63) is 48.7 Å². The number of ether oxygens (including phenoxy) is 4. The smallest absolute Gasteiger partial charge is 0.249 e. The van der Waals surface area contributed by atoms with Gasteiger partial charge < -0.3 is 29.6 Å². The lowest BCUT2D eigenvalue weighted by molar-refractivity contribution is 0.331. The van der Waals surface area contributed by atoms with Gasteiger partial charge in [-0.2, -0.15) is 10.1 Å². The number of hydrogen-bond acceptors (Lipinski definition) is 9. The van der Waals surface area contributed by atoms with Crippen molar-refractivity contribution in [3.8, 4) is 23.0 Å². The van der Waals surface area contributed by atoms with Gasteiger partial charge in [-0.1, -0.05) is 0 Å². The predicted molar refractivity (Wildman–Crippen MR) is 110 cm³/mol. The van der Waals surface area contributed by atoms with Crippen LogP contribution < -0.4 is 29.6 Å². The highest BCUT2D eigenvalue weighted by Crippen LogP contribution is 2.30. The van der Waals surface area contributed by atoms with E-state index in [9.17, 15) is 0 Å². The molecule has 0 aliphatic heterocycles. The van der Waals surface area contributed by atoms with Crippen LogP contribution in [-0.2, 0) is 0 Å². The van der Waals surface area contributed by atoms with Crippen LogP contribution in [0.4, 0.5) is 17.5 Å². The first kappa shape index (κ1) is 20.0. The first-order chi connectivity index (χ1) is 14.2. The average molecular weight is 397 g/mol. The molecule has 2 aromatic carbocycles. The van der Waals surface area contributed by atoms with Crippen molar-refractivity contribution >= 4 is 17.5 Å². The van der Waals surface area contributed by atoms with Crippen molar-refractivity contribution in [2.45, 2.75) is 0 Å². The van der Waals surface area contributed by atoms with E-state index in [1.165, 1.54) is 0 Å². The summed E-state index contributed by atoms with van der Waals surface area (Å²) in [4.78, 5) is 4.40. The van der Waals surface area contributed by atoms with Crippen molar-refractivity contribution in [2.24, 2.45) is 0 Å². The Bertz CT molecular complexity index is 921. The Morgan fingerprint density at radius 2 is 1.59 bits per heavy atom. The topological polar surface area (TPSA) is 99.7 Å². The van der Waals surface area contributed by atoms with Gasteiger partial charge in [-0.3, -0.25) is 0 Å². The number of methoxy groups -OCH3 is 3. The van der Waals surface area contributed by atoms with Crippen LogP contribution in [0.25, 0.3) is 0 Å². The zero-order valence-corrected chi connectivity index (χ0v) is 16.5. The van der Waals surface area contributed by atoms with E-state index in [1.54, 1.807) is 33.6 Å². The zero-order valence-electron chi connectivity index (χ0n) is 16.5. The highest BCUT2D eigenvalue weighted by atomic mass is 16.5. The molecule has 9 heteroatoms. The van der Waals surface area contributed by atoms with Crippen LogP contribution in [0.1, 0.15) is 0 Å². The Balaban J connectivity index is 1.54. The molecule has 0 amide bonds. The average Bonchev–Trinajstić information content (AvgIpc) is 2.77. The number of nitrogens with zero attached hydrogens (tertiary/aromatic N) is 3.